The van der Waals surface area contributed by atoms with Crippen molar-refractivity contribution in [3.63, 3.8) is 0 Å². The van der Waals surface area contributed by atoms with E-state index >= 15 is 0 Å². The number of ether oxygens (including phenoxy) is 5. The molecule has 0 spiro atoms. The number of hydrogen-bond acceptors (Lipinski definition) is 16. The van der Waals surface area contributed by atoms with Gasteiger partial charge >= 0.3 is 19.8 Å². The number of hydrogen-bond donors (Lipinski definition) is 1. The van der Waals surface area contributed by atoms with Crippen molar-refractivity contribution in [3.05, 3.63) is 71.3 Å². The monoisotopic (exact) mass is 775 g/mol. The van der Waals surface area contributed by atoms with Gasteiger partial charge in [-0.25, -0.2) is 4.57 Å². The fraction of sp³-hybridized carbons (Fsp3) is 0.457. The van der Waals surface area contributed by atoms with Crippen LogP contribution in [-0.2, 0) is 69.6 Å². The molecule has 1 N–H and O–H groups in total. The summed E-state index contributed by atoms with van der Waals surface area (Å²) in [6.45, 7) is 2.56. The first-order valence-electron chi connectivity index (χ1n) is 17.0. The molecule has 294 valence electrons. The minimum Gasteiger partial charge on any atom is -0.464 e. The number of phosphoric acid groups is 1. The molecule has 3 aromatic rings. The van der Waals surface area contributed by atoms with Crippen LogP contribution in [0.3, 0.4) is 0 Å². The molecule has 54 heavy (non-hydrogen) atoms. The number of aryl methyl sites for hydroxylation is 1. The zero-order valence-electron chi connectivity index (χ0n) is 30.2. The van der Waals surface area contributed by atoms with Gasteiger partial charge in [-0.05, 0) is 49.1 Å². The summed E-state index contributed by atoms with van der Waals surface area (Å²) < 4.78 is 47.7. The van der Waals surface area contributed by atoms with E-state index in [0.717, 1.165) is 22.5 Å². The smallest absolute Gasteiger partial charge is 0.464 e. The van der Waals surface area contributed by atoms with Crippen LogP contribution < -0.4 is 4.90 Å². The summed E-state index contributed by atoms with van der Waals surface area (Å²) in [5.41, 5.74) is 4.71. The first kappa shape index (κ1) is 43.4. The second-order valence-corrected chi connectivity index (χ2v) is 13.1. The Morgan fingerprint density at radius 3 is 2.35 bits per heavy atom. The van der Waals surface area contributed by atoms with Crippen LogP contribution in [0.5, 0.6) is 0 Å². The fourth-order valence-electron chi connectivity index (χ4n) is 4.40. The zero-order chi connectivity index (χ0) is 39.0. The lowest BCUT2D eigenvalue weighted by molar-refractivity contribution is -0.145. The highest BCUT2D eigenvalue weighted by Gasteiger charge is 2.24. The first-order valence-corrected chi connectivity index (χ1v) is 18.5. The topological polar surface area (TPSA) is 217 Å². The van der Waals surface area contributed by atoms with E-state index in [4.69, 9.17) is 23.3 Å². The highest BCUT2D eigenvalue weighted by molar-refractivity contribution is 7.47. The quantitative estimate of drug-likeness (QED) is 0.0368. The molecular weight excluding hydrogens is 729 g/mol. The standard InChI is InChI=1S/C35H46N5O13P/c1-28-7-8-30(21-36-28)10-9-29-11-13-32(14-12-29)39(2)15-16-40-22-31(37-38-40)23-50-35(44)5-3-17-47-19-20-49-34(43)6-4-18-52-54(45,46)53-25-33(51-27-42)24-48-26-41/h7-14,21-22,26-27,33H,3-6,15-20,23-25H2,1-2H3,(H,45,46)/b10-9+. The maximum atomic E-state index is 12.1. The SMILES string of the molecule is Cc1ccc(/C=C/c2ccc(N(C)CCn3cc(COC(=O)CCCOCCOC(=O)CCCOP(=O)(O)OCC(COC=O)OC=O)nn3)cc2)cn1. The Bertz CT molecular complexity index is 1650. The molecule has 0 saturated heterocycles. The zero-order valence-corrected chi connectivity index (χ0v) is 31.1. The van der Waals surface area contributed by atoms with Crippen LogP contribution >= 0.6 is 7.82 Å². The molecule has 0 bridgehead atoms. The van der Waals surface area contributed by atoms with Crippen molar-refractivity contribution >= 4 is 50.5 Å². The molecule has 1 aromatic carbocycles. The lowest BCUT2D eigenvalue weighted by atomic mass is 10.1. The van der Waals surface area contributed by atoms with Crippen LogP contribution in [0.1, 0.15) is 48.2 Å². The number of esters is 2. The minimum absolute atomic E-state index is 0.00175. The number of aromatic nitrogens is 4. The van der Waals surface area contributed by atoms with Crippen LogP contribution in [-0.4, -0.2) is 109 Å². The van der Waals surface area contributed by atoms with Crippen molar-refractivity contribution in [3.8, 4) is 0 Å². The van der Waals surface area contributed by atoms with Gasteiger partial charge in [-0.15, -0.1) is 5.10 Å². The predicted octanol–water partition coefficient (Wildman–Crippen LogP) is 3.30. The average Bonchev–Trinajstić information content (AvgIpc) is 3.63. The Hall–Kier alpha value is -5.00. The van der Waals surface area contributed by atoms with E-state index in [1.807, 2.05) is 44.5 Å². The number of carbonyl (C=O) groups excluding carboxylic acids is 4. The van der Waals surface area contributed by atoms with Gasteiger partial charge in [-0.1, -0.05) is 35.6 Å². The Morgan fingerprint density at radius 1 is 0.907 bits per heavy atom. The van der Waals surface area contributed by atoms with Crippen molar-refractivity contribution in [2.24, 2.45) is 0 Å². The molecule has 19 heteroatoms. The number of benzene rings is 1. The van der Waals surface area contributed by atoms with Gasteiger partial charge in [-0.3, -0.25) is 37.9 Å². The number of carbonyl (C=O) groups is 4. The predicted molar refractivity (Wildman–Crippen MR) is 192 cm³/mol. The molecule has 2 atom stereocenters. The molecule has 0 saturated carbocycles. The summed E-state index contributed by atoms with van der Waals surface area (Å²) in [6, 6.07) is 12.3. The third kappa shape index (κ3) is 18.2. The van der Waals surface area contributed by atoms with Crippen molar-refractivity contribution in [2.75, 3.05) is 58.1 Å². The lowest BCUT2D eigenvalue weighted by Crippen LogP contribution is -2.24. The number of likely N-dealkylation sites (N-methyl/N-ethyl adjacent to an activating group) is 1. The largest absolute Gasteiger partial charge is 0.472 e. The summed E-state index contributed by atoms with van der Waals surface area (Å²) >= 11 is 0. The summed E-state index contributed by atoms with van der Waals surface area (Å²) in [5.74, 6) is -0.977. The van der Waals surface area contributed by atoms with Crippen LogP contribution in [0.2, 0.25) is 0 Å². The van der Waals surface area contributed by atoms with Crippen molar-refractivity contribution < 1.29 is 61.4 Å². The van der Waals surface area contributed by atoms with E-state index in [1.54, 1.807) is 10.9 Å². The fourth-order valence-corrected chi connectivity index (χ4v) is 5.19. The van der Waals surface area contributed by atoms with E-state index in [9.17, 15) is 28.6 Å². The minimum atomic E-state index is -4.51. The van der Waals surface area contributed by atoms with Crippen molar-refractivity contribution in [1.29, 1.82) is 0 Å². The lowest BCUT2D eigenvalue weighted by Gasteiger charge is -2.19. The Balaban J connectivity index is 1.18. The third-order valence-electron chi connectivity index (χ3n) is 7.33. The number of rotatable bonds is 28. The summed E-state index contributed by atoms with van der Waals surface area (Å²) in [5, 5.41) is 8.21. The molecule has 0 aliphatic heterocycles. The Morgan fingerprint density at radius 2 is 1.63 bits per heavy atom. The van der Waals surface area contributed by atoms with Gasteiger partial charge in [0.2, 0.25) is 0 Å². The number of pyridine rings is 1. The summed E-state index contributed by atoms with van der Waals surface area (Å²) in [6.07, 6.45) is 7.07. The molecule has 2 aromatic heterocycles. The molecule has 0 amide bonds. The maximum absolute atomic E-state index is 12.1. The van der Waals surface area contributed by atoms with Crippen molar-refractivity contribution in [2.45, 2.75) is 51.9 Å². The van der Waals surface area contributed by atoms with Gasteiger partial charge in [0, 0.05) is 50.6 Å². The van der Waals surface area contributed by atoms with Gasteiger partial charge < -0.3 is 33.5 Å². The second kappa shape index (κ2) is 24.3. The maximum Gasteiger partial charge on any atom is 0.472 e. The van der Waals surface area contributed by atoms with Gasteiger partial charge in [0.1, 0.15) is 25.5 Å². The second-order valence-electron chi connectivity index (χ2n) is 11.6. The molecule has 3 rings (SSSR count). The van der Waals surface area contributed by atoms with Gasteiger partial charge in [0.15, 0.2) is 6.10 Å². The first-order chi connectivity index (χ1) is 26.1. The molecule has 0 aliphatic rings. The van der Waals surface area contributed by atoms with E-state index in [2.05, 4.69) is 53.9 Å². The van der Waals surface area contributed by atoms with E-state index in [0.29, 0.717) is 25.2 Å². The van der Waals surface area contributed by atoms with Crippen LogP contribution in [0.4, 0.5) is 5.69 Å². The van der Waals surface area contributed by atoms with Crippen LogP contribution in [0, 0.1) is 6.92 Å². The summed E-state index contributed by atoms with van der Waals surface area (Å²) in [7, 11) is -2.50. The van der Waals surface area contributed by atoms with Crippen LogP contribution in [0.25, 0.3) is 12.2 Å². The van der Waals surface area contributed by atoms with E-state index in [-0.39, 0.29) is 71.8 Å². The average molecular weight is 776 g/mol. The highest BCUT2D eigenvalue weighted by Crippen LogP contribution is 2.43. The molecule has 0 aliphatic carbocycles. The Kier molecular flexibility index (Phi) is 19.6. The van der Waals surface area contributed by atoms with Crippen LogP contribution in [0.15, 0.2) is 48.8 Å². The number of anilines is 1. The molecule has 2 heterocycles. The number of phosphoric ester groups is 1. The van der Waals surface area contributed by atoms with Gasteiger partial charge in [0.05, 0.1) is 32.6 Å². The Labute approximate surface area is 312 Å². The molecule has 18 nitrogen and oxygen atoms in total. The molecular formula is C35H46N5O13P. The molecule has 0 fully saturated rings. The van der Waals surface area contributed by atoms with E-state index < -0.39 is 32.5 Å². The molecule has 2 unspecified atom stereocenters. The van der Waals surface area contributed by atoms with Gasteiger partial charge in [0.25, 0.3) is 12.9 Å². The molecule has 0 radical (unpaired) electrons. The number of nitrogens with zero attached hydrogens (tertiary/aromatic N) is 5. The van der Waals surface area contributed by atoms with Crippen molar-refractivity contribution in [1.82, 2.24) is 20.0 Å². The summed E-state index contributed by atoms with van der Waals surface area (Å²) in [4.78, 5) is 60.8. The normalized spacial score (nSPS) is 12.8. The third-order valence-corrected chi connectivity index (χ3v) is 8.31. The highest BCUT2D eigenvalue weighted by atomic mass is 31.2. The van der Waals surface area contributed by atoms with E-state index in [1.165, 1.54) is 0 Å². The van der Waals surface area contributed by atoms with Gasteiger partial charge in [-0.2, -0.15) is 0 Å².